The topological polar surface area (TPSA) is 13.0 Å². The van der Waals surface area contributed by atoms with E-state index >= 15 is 0 Å². The molecule has 0 radical (unpaired) electrons. The maximum atomic E-state index is 2.56. The number of benzene rings is 12. The largest absolute Gasteiger partial charge is 0.311 e. The van der Waals surface area contributed by atoms with Crippen molar-refractivity contribution in [2.75, 3.05) is 19.6 Å². The molecule has 2 aliphatic carbocycles. The number of anilines is 12. The van der Waals surface area contributed by atoms with Gasteiger partial charge in [-0.3, -0.25) is 0 Å². The van der Waals surface area contributed by atoms with E-state index in [0.717, 1.165) is 56.9 Å². The Morgan fingerprint density at radius 1 is 0.291 bits per heavy atom. The number of hydrogen-bond donors (Lipinski definition) is 0. The van der Waals surface area contributed by atoms with Crippen LogP contribution in [0.15, 0.2) is 291 Å². The first kappa shape index (κ1) is 45.1. The van der Waals surface area contributed by atoms with Gasteiger partial charge in [0.25, 0.3) is 6.71 Å². The third kappa shape index (κ3) is 6.69. The summed E-state index contributed by atoms with van der Waals surface area (Å²) in [6.07, 6.45) is 0. The van der Waals surface area contributed by atoms with Crippen molar-refractivity contribution in [3.05, 3.63) is 319 Å². The Morgan fingerprint density at radius 2 is 0.696 bits per heavy atom. The predicted molar refractivity (Wildman–Crippen MR) is 331 cm³/mol. The van der Waals surface area contributed by atoms with E-state index in [-0.39, 0.29) is 6.71 Å². The number of nitrogens with zero attached hydrogens (tertiary/aromatic N) is 4. The van der Waals surface area contributed by atoms with E-state index in [0.29, 0.717) is 0 Å². The van der Waals surface area contributed by atoms with Crippen LogP contribution >= 0.6 is 0 Å². The van der Waals surface area contributed by atoms with Crippen molar-refractivity contribution < 1.29 is 0 Å². The summed E-state index contributed by atoms with van der Waals surface area (Å²) in [6, 6.07) is 108. The smallest absolute Gasteiger partial charge is 0.252 e. The van der Waals surface area contributed by atoms with Gasteiger partial charge in [-0.1, -0.05) is 182 Å². The molecule has 16 rings (SSSR count). The molecule has 5 heteroatoms. The molecule has 4 nitrogen and oxygen atoms in total. The molecule has 4 aliphatic rings. The third-order valence-electron chi connectivity index (χ3n) is 17.0. The van der Waals surface area contributed by atoms with E-state index in [9.17, 15) is 0 Å². The van der Waals surface area contributed by atoms with Gasteiger partial charge in [-0.05, 0) is 183 Å². The van der Waals surface area contributed by atoms with Crippen LogP contribution in [0, 0.1) is 6.92 Å². The van der Waals surface area contributed by atoms with Crippen LogP contribution < -0.4 is 36.0 Å². The lowest BCUT2D eigenvalue weighted by atomic mass is 9.33. The molecule has 0 atom stereocenters. The molecule has 0 amide bonds. The summed E-state index contributed by atoms with van der Waals surface area (Å²) in [6.45, 7) is 2.17. The maximum absolute atomic E-state index is 2.56. The summed E-state index contributed by atoms with van der Waals surface area (Å²) in [7, 11) is 0. The van der Waals surface area contributed by atoms with Gasteiger partial charge in [0.2, 0.25) is 0 Å². The van der Waals surface area contributed by atoms with Crippen LogP contribution in [0.1, 0.15) is 27.8 Å². The van der Waals surface area contributed by atoms with E-state index in [1.54, 1.807) is 0 Å². The highest BCUT2D eigenvalue weighted by Gasteiger charge is 2.52. The average molecular weight is 1010 g/mol. The fraction of sp³-hybridized carbons (Fsp3) is 0.0270. The van der Waals surface area contributed by atoms with Crippen LogP contribution in [0.25, 0.3) is 22.3 Å². The zero-order valence-corrected chi connectivity index (χ0v) is 43.6. The molecule has 79 heavy (non-hydrogen) atoms. The molecule has 370 valence electrons. The minimum atomic E-state index is -0.421. The Morgan fingerprint density at radius 3 is 1.23 bits per heavy atom. The molecule has 0 saturated carbocycles. The highest BCUT2D eigenvalue weighted by atomic mass is 15.2. The van der Waals surface area contributed by atoms with Crippen molar-refractivity contribution in [2.24, 2.45) is 0 Å². The quantitative estimate of drug-likeness (QED) is 0.141. The Balaban J connectivity index is 0.926. The lowest BCUT2D eigenvalue weighted by Gasteiger charge is -2.44. The predicted octanol–water partition coefficient (Wildman–Crippen LogP) is 17.4. The summed E-state index contributed by atoms with van der Waals surface area (Å²) >= 11 is 0. The third-order valence-corrected chi connectivity index (χ3v) is 17.0. The zero-order valence-electron chi connectivity index (χ0n) is 43.6. The van der Waals surface area contributed by atoms with E-state index < -0.39 is 5.41 Å². The molecule has 2 heterocycles. The number of fused-ring (bicyclic) bond motifs is 14. The van der Waals surface area contributed by atoms with Crippen LogP contribution in [0.5, 0.6) is 0 Å². The second kappa shape index (κ2) is 17.7. The van der Waals surface area contributed by atoms with E-state index in [1.807, 2.05) is 0 Å². The van der Waals surface area contributed by atoms with Crippen molar-refractivity contribution >= 4 is 91.3 Å². The first-order valence-electron chi connectivity index (χ1n) is 27.5. The number of rotatable bonds is 8. The second-order valence-electron chi connectivity index (χ2n) is 21.3. The van der Waals surface area contributed by atoms with Crippen molar-refractivity contribution in [1.29, 1.82) is 0 Å². The Bertz CT molecular complexity index is 4240. The summed E-state index contributed by atoms with van der Waals surface area (Å²) in [5.74, 6) is 0. The number of para-hydroxylation sites is 4. The molecular formula is C74H51BN4. The van der Waals surface area contributed by atoms with Gasteiger partial charge in [0.1, 0.15) is 0 Å². The lowest BCUT2D eigenvalue weighted by molar-refractivity contribution is 0.794. The van der Waals surface area contributed by atoms with Crippen LogP contribution in [0.4, 0.5) is 68.2 Å². The fourth-order valence-corrected chi connectivity index (χ4v) is 13.9. The normalized spacial score (nSPS) is 13.4. The van der Waals surface area contributed by atoms with Crippen LogP contribution in [0.2, 0.25) is 0 Å². The molecule has 0 saturated heterocycles. The molecular weight excluding hydrogens is 956 g/mol. The number of hydrogen-bond acceptors (Lipinski definition) is 4. The summed E-state index contributed by atoms with van der Waals surface area (Å²) in [5, 5.41) is 0. The van der Waals surface area contributed by atoms with Gasteiger partial charge in [-0.25, -0.2) is 0 Å². The molecule has 1 spiro atoms. The SMILES string of the molecule is Cc1ccc2c(c1)N(c1ccc3c(c1)-c1ccccc1C31c3ccccc3-c3ccccc31)c1cccc3c1B2c1ccc(N(c2ccccc2)c2ccccc2)cc1N3c1cccc(N(c2ccccc2)c2ccccc2)c1. The molecule has 0 N–H and O–H groups in total. The number of aryl methyl sites for hydroxylation is 1. The first-order chi connectivity index (χ1) is 39.1. The standard InChI is InChI=1S/C74H51BN4/c1-50-40-44-67-71(46-50)79(57-41-43-66-62(48-57)61-34-16-19-37-65(61)74(66)63-35-17-14-32-59(63)60-33-15-18-36-64(60)74)70-39-21-38-69-73(70)75(67)68-45-42-58(77(53-26-10-4-11-27-53)54-28-12-5-13-29-54)49-72(68)78(69)56-31-20-30-55(47-56)76(51-22-6-2-7-23-51)52-24-8-3-9-25-52/h2-49H,1H3. The highest BCUT2D eigenvalue weighted by Crippen LogP contribution is 2.63. The van der Waals surface area contributed by atoms with Crippen molar-refractivity contribution in [1.82, 2.24) is 0 Å². The lowest BCUT2D eigenvalue weighted by Crippen LogP contribution is -2.61. The Kier molecular flexibility index (Phi) is 10.1. The van der Waals surface area contributed by atoms with Gasteiger partial charge >= 0.3 is 0 Å². The van der Waals surface area contributed by atoms with Gasteiger partial charge in [-0.2, -0.15) is 0 Å². The summed E-state index contributed by atoms with van der Waals surface area (Å²) in [5.41, 5.74) is 28.6. The Labute approximate surface area is 462 Å². The fourth-order valence-electron chi connectivity index (χ4n) is 13.9. The van der Waals surface area contributed by atoms with E-state index in [2.05, 4.69) is 318 Å². The van der Waals surface area contributed by atoms with Crippen LogP contribution in [-0.2, 0) is 5.41 Å². The van der Waals surface area contributed by atoms with Gasteiger partial charge in [0.05, 0.1) is 5.41 Å². The Hall–Kier alpha value is -10.1. The zero-order chi connectivity index (χ0) is 52.2. The molecule has 0 bridgehead atoms. The van der Waals surface area contributed by atoms with Crippen molar-refractivity contribution in [3.63, 3.8) is 0 Å². The highest BCUT2D eigenvalue weighted by molar-refractivity contribution is 7.00. The average Bonchev–Trinajstić information content (AvgIpc) is 4.20. The molecule has 0 unspecified atom stereocenters. The minimum absolute atomic E-state index is 0.0570. The van der Waals surface area contributed by atoms with Crippen molar-refractivity contribution in [2.45, 2.75) is 12.3 Å². The van der Waals surface area contributed by atoms with E-state index in [1.165, 1.54) is 77.8 Å². The summed E-state index contributed by atoms with van der Waals surface area (Å²) in [4.78, 5) is 9.84. The monoisotopic (exact) mass is 1010 g/mol. The molecule has 2 aliphatic heterocycles. The summed E-state index contributed by atoms with van der Waals surface area (Å²) < 4.78 is 0. The van der Waals surface area contributed by atoms with Crippen molar-refractivity contribution in [3.8, 4) is 22.3 Å². The molecule has 12 aromatic carbocycles. The van der Waals surface area contributed by atoms with Gasteiger partial charge < -0.3 is 19.6 Å². The van der Waals surface area contributed by atoms with E-state index in [4.69, 9.17) is 0 Å². The second-order valence-corrected chi connectivity index (χ2v) is 21.3. The molecule has 0 aromatic heterocycles. The van der Waals surface area contributed by atoms with Gasteiger partial charge in [0, 0.05) is 68.2 Å². The van der Waals surface area contributed by atoms with Gasteiger partial charge in [-0.15, -0.1) is 0 Å². The van der Waals surface area contributed by atoms with Crippen LogP contribution in [0.3, 0.4) is 0 Å². The van der Waals surface area contributed by atoms with Gasteiger partial charge in [0.15, 0.2) is 0 Å². The first-order valence-corrected chi connectivity index (χ1v) is 27.5. The minimum Gasteiger partial charge on any atom is -0.311 e. The molecule has 0 fully saturated rings. The molecule has 12 aromatic rings. The van der Waals surface area contributed by atoms with Crippen LogP contribution in [-0.4, -0.2) is 6.71 Å². The maximum Gasteiger partial charge on any atom is 0.252 e.